The molecule has 0 N–H and O–H groups in total. The highest BCUT2D eigenvalue weighted by Crippen LogP contribution is 2.19. The first-order chi connectivity index (χ1) is 7.67. The molecule has 0 unspecified atom stereocenters. The van der Waals surface area contributed by atoms with Crippen LogP contribution in [-0.4, -0.2) is 23.3 Å². The summed E-state index contributed by atoms with van der Waals surface area (Å²) in [4.78, 5) is 2.41. The van der Waals surface area contributed by atoms with Crippen molar-refractivity contribution in [3.8, 4) is 0 Å². The summed E-state index contributed by atoms with van der Waals surface area (Å²) in [5.74, 6) is 0. The molecule has 1 nitrogen and oxygen atoms in total. The van der Waals surface area contributed by atoms with E-state index < -0.39 is 0 Å². The molecule has 1 aromatic rings. The minimum atomic E-state index is 0.886. The minimum Gasteiger partial charge on any atom is -0.299 e. The fraction of sp³-hybridized carbons (Fsp3) is 0.538. The van der Waals surface area contributed by atoms with Crippen LogP contribution >= 0.6 is 27.5 Å². The first-order valence-corrected chi connectivity index (χ1v) is 7.20. The van der Waals surface area contributed by atoms with E-state index in [1.54, 1.807) is 0 Å². The predicted octanol–water partition coefficient (Wildman–Crippen LogP) is 4.26. The van der Waals surface area contributed by atoms with Crippen molar-refractivity contribution < 1.29 is 0 Å². The van der Waals surface area contributed by atoms with Crippen molar-refractivity contribution in [1.29, 1.82) is 0 Å². The molecule has 0 aromatic heterocycles. The topological polar surface area (TPSA) is 3.24 Å². The molecule has 1 aromatic carbocycles. The Hall–Kier alpha value is -0.0500. The molecule has 0 saturated heterocycles. The predicted molar refractivity (Wildman–Crippen MR) is 75.6 cm³/mol. The van der Waals surface area contributed by atoms with Crippen LogP contribution in [0.15, 0.2) is 18.2 Å². The number of benzene rings is 1. The summed E-state index contributed by atoms with van der Waals surface area (Å²) in [5, 5.41) is 1.95. The Labute approximate surface area is 112 Å². The number of hydrogen-bond acceptors (Lipinski definition) is 1. The third-order valence-corrected chi connectivity index (χ3v) is 3.57. The van der Waals surface area contributed by atoms with Crippen molar-refractivity contribution in [2.24, 2.45) is 0 Å². The highest BCUT2D eigenvalue weighted by Gasteiger charge is 2.06. The Bertz CT molecular complexity index is 328. The van der Waals surface area contributed by atoms with Crippen molar-refractivity contribution in [2.45, 2.75) is 26.8 Å². The highest BCUT2D eigenvalue weighted by atomic mass is 79.9. The number of rotatable bonds is 6. The van der Waals surface area contributed by atoms with Gasteiger partial charge in [-0.25, -0.2) is 0 Å². The molecule has 0 radical (unpaired) electrons. The molecule has 0 aliphatic carbocycles. The van der Waals surface area contributed by atoms with E-state index in [1.807, 2.05) is 6.07 Å². The Kier molecular flexibility index (Phi) is 6.40. The number of hydrogen-bond donors (Lipinski definition) is 0. The minimum absolute atomic E-state index is 0.886. The molecule has 0 fully saturated rings. The molecule has 90 valence electrons. The summed E-state index contributed by atoms with van der Waals surface area (Å²) in [6, 6.07) is 6.29. The van der Waals surface area contributed by atoms with Gasteiger partial charge in [0.25, 0.3) is 0 Å². The number of halogens is 2. The maximum atomic E-state index is 6.23. The van der Waals surface area contributed by atoms with Gasteiger partial charge in [0.2, 0.25) is 0 Å². The lowest BCUT2D eigenvalue weighted by Crippen LogP contribution is -2.24. The zero-order chi connectivity index (χ0) is 12.0. The molecule has 0 bridgehead atoms. The average molecular weight is 305 g/mol. The van der Waals surface area contributed by atoms with Crippen molar-refractivity contribution in [3.05, 3.63) is 34.3 Å². The van der Waals surface area contributed by atoms with Crippen LogP contribution in [-0.2, 0) is 6.54 Å². The van der Waals surface area contributed by atoms with Gasteiger partial charge in [0, 0.05) is 16.9 Å². The van der Waals surface area contributed by atoms with E-state index >= 15 is 0 Å². The van der Waals surface area contributed by atoms with E-state index in [4.69, 9.17) is 11.6 Å². The lowest BCUT2D eigenvalue weighted by Gasteiger charge is -2.20. The fourth-order valence-corrected chi connectivity index (χ4v) is 2.20. The second-order valence-corrected chi connectivity index (χ2v) is 5.21. The van der Waals surface area contributed by atoms with E-state index in [1.165, 1.54) is 17.5 Å². The number of nitrogens with zero attached hydrogens (tertiary/aromatic N) is 1. The molecule has 0 amide bonds. The van der Waals surface area contributed by atoms with Crippen molar-refractivity contribution >= 4 is 27.5 Å². The summed E-state index contributed by atoms with van der Waals surface area (Å²) >= 11 is 9.69. The van der Waals surface area contributed by atoms with E-state index in [9.17, 15) is 0 Å². The normalized spacial score (nSPS) is 11.1. The van der Waals surface area contributed by atoms with Gasteiger partial charge in [0.1, 0.15) is 0 Å². The molecule has 0 atom stereocenters. The quantitative estimate of drug-likeness (QED) is 0.710. The summed E-state index contributed by atoms with van der Waals surface area (Å²) in [6.45, 7) is 7.39. The van der Waals surface area contributed by atoms with E-state index in [2.05, 4.69) is 46.8 Å². The smallest absolute Gasteiger partial charge is 0.0453 e. The first-order valence-electron chi connectivity index (χ1n) is 5.70. The first kappa shape index (κ1) is 14.0. The molecule has 1 rings (SSSR count). The summed E-state index contributed by atoms with van der Waals surface area (Å²) in [6.07, 6.45) is 1.18. The van der Waals surface area contributed by atoms with Gasteiger partial charge < -0.3 is 0 Å². The molecular formula is C13H19BrClN. The Morgan fingerprint density at radius 3 is 2.69 bits per heavy atom. The van der Waals surface area contributed by atoms with E-state index in [0.717, 1.165) is 30.0 Å². The Morgan fingerprint density at radius 1 is 1.38 bits per heavy atom. The van der Waals surface area contributed by atoms with Crippen molar-refractivity contribution in [1.82, 2.24) is 4.90 Å². The fourth-order valence-electron chi connectivity index (χ4n) is 1.65. The Balaban J connectivity index is 2.62. The second kappa shape index (κ2) is 7.31. The van der Waals surface area contributed by atoms with Crippen LogP contribution in [0.2, 0.25) is 5.02 Å². The van der Waals surface area contributed by atoms with Crippen LogP contribution in [0.25, 0.3) is 0 Å². The lowest BCUT2D eigenvalue weighted by atomic mass is 10.1. The lowest BCUT2D eigenvalue weighted by molar-refractivity contribution is 0.282. The zero-order valence-corrected chi connectivity index (χ0v) is 12.3. The summed E-state index contributed by atoms with van der Waals surface area (Å²) in [5.41, 5.74) is 2.45. The SMILES string of the molecule is CCN(CCCBr)Cc1ccc(C)cc1Cl. The van der Waals surface area contributed by atoms with E-state index in [0.29, 0.717) is 0 Å². The molecule has 0 heterocycles. The molecular weight excluding hydrogens is 286 g/mol. The third kappa shape index (κ3) is 4.44. The zero-order valence-electron chi connectivity index (χ0n) is 9.97. The summed E-state index contributed by atoms with van der Waals surface area (Å²) < 4.78 is 0. The monoisotopic (exact) mass is 303 g/mol. The van der Waals surface area contributed by atoms with Gasteiger partial charge >= 0.3 is 0 Å². The second-order valence-electron chi connectivity index (χ2n) is 4.01. The number of aryl methyl sites for hydroxylation is 1. The molecule has 3 heteroatoms. The molecule has 0 aliphatic heterocycles. The average Bonchev–Trinajstić information content (AvgIpc) is 2.27. The summed E-state index contributed by atoms with van der Waals surface area (Å²) in [7, 11) is 0. The van der Waals surface area contributed by atoms with Crippen LogP contribution in [0, 0.1) is 6.92 Å². The maximum absolute atomic E-state index is 6.23. The van der Waals surface area contributed by atoms with Crippen LogP contribution in [0.3, 0.4) is 0 Å². The largest absolute Gasteiger partial charge is 0.299 e. The van der Waals surface area contributed by atoms with Gasteiger partial charge in [-0.2, -0.15) is 0 Å². The maximum Gasteiger partial charge on any atom is 0.0453 e. The Morgan fingerprint density at radius 2 is 2.12 bits per heavy atom. The molecule has 0 aliphatic rings. The third-order valence-electron chi connectivity index (χ3n) is 2.66. The highest BCUT2D eigenvalue weighted by molar-refractivity contribution is 9.09. The van der Waals surface area contributed by atoms with Gasteiger partial charge in [-0.15, -0.1) is 0 Å². The van der Waals surface area contributed by atoms with Crippen LogP contribution in [0.1, 0.15) is 24.5 Å². The van der Waals surface area contributed by atoms with Gasteiger partial charge in [0.15, 0.2) is 0 Å². The van der Waals surface area contributed by atoms with Gasteiger partial charge in [0.05, 0.1) is 0 Å². The van der Waals surface area contributed by atoms with E-state index in [-0.39, 0.29) is 0 Å². The number of alkyl halides is 1. The molecule has 0 saturated carbocycles. The van der Waals surface area contributed by atoms with Crippen LogP contribution < -0.4 is 0 Å². The van der Waals surface area contributed by atoms with Gasteiger partial charge in [-0.1, -0.05) is 46.6 Å². The van der Waals surface area contributed by atoms with Crippen molar-refractivity contribution in [3.63, 3.8) is 0 Å². The van der Waals surface area contributed by atoms with Crippen molar-refractivity contribution in [2.75, 3.05) is 18.4 Å². The van der Waals surface area contributed by atoms with Crippen LogP contribution in [0.4, 0.5) is 0 Å². The standard InChI is InChI=1S/C13H19BrClN/c1-3-16(8-4-7-14)10-12-6-5-11(2)9-13(12)15/h5-6,9H,3-4,7-8,10H2,1-2H3. The molecule has 0 spiro atoms. The van der Waals surface area contributed by atoms with Gasteiger partial charge in [-0.3, -0.25) is 4.90 Å². The van der Waals surface area contributed by atoms with Crippen LogP contribution in [0.5, 0.6) is 0 Å². The van der Waals surface area contributed by atoms with Gasteiger partial charge in [-0.05, 0) is 43.6 Å². The molecule has 16 heavy (non-hydrogen) atoms.